The summed E-state index contributed by atoms with van der Waals surface area (Å²) < 4.78 is 10.7. The number of carboxylic acids is 1. The van der Waals surface area contributed by atoms with Gasteiger partial charge in [0.05, 0.1) is 11.0 Å². The summed E-state index contributed by atoms with van der Waals surface area (Å²) in [5, 5.41) is 12.1. The number of carbonyl (C=O) groups is 2. The van der Waals surface area contributed by atoms with E-state index in [-0.39, 0.29) is 6.54 Å². The van der Waals surface area contributed by atoms with Crippen LogP contribution in [0, 0.1) is 5.41 Å². The molecular weight excluding hydrogens is 262 g/mol. The maximum Gasteiger partial charge on any atom is 0.407 e. The van der Waals surface area contributed by atoms with Gasteiger partial charge in [0.1, 0.15) is 5.60 Å². The first kappa shape index (κ1) is 16.8. The van der Waals surface area contributed by atoms with Gasteiger partial charge in [0.25, 0.3) is 0 Å². The van der Waals surface area contributed by atoms with Crippen LogP contribution in [0.3, 0.4) is 0 Å². The zero-order valence-corrected chi connectivity index (χ0v) is 12.9. The van der Waals surface area contributed by atoms with Crippen LogP contribution in [0.4, 0.5) is 4.79 Å². The molecule has 0 bridgehead atoms. The van der Waals surface area contributed by atoms with E-state index in [1.54, 1.807) is 20.8 Å². The average molecular weight is 287 g/mol. The molecule has 1 saturated heterocycles. The Morgan fingerprint density at radius 1 is 1.35 bits per heavy atom. The van der Waals surface area contributed by atoms with Gasteiger partial charge in [-0.05, 0) is 47.5 Å². The Balaban J connectivity index is 2.69. The van der Waals surface area contributed by atoms with E-state index in [2.05, 4.69) is 5.32 Å². The van der Waals surface area contributed by atoms with E-state index in [1.807, 2.05) is 13.8 Å². The number of nitrogens with one attached hydrogen (secondary N) is 1. The van der Waals surface area contributed by atoms with Gasteiger partial charge in [-0.25, -0.2) is 4.79 Å². The number of hydrogen-bond acceptors (Lipinski definition) is 4. The number of hydrogen-bond donors (Lipinski definition) is 2. The Bertz CT molecular complexity index is 386. The van der Waals surface area contributed by atoms with E-state index in [1.165, 1.54) is 0 Å². The lowest BCUT2D eigenvalue weighted by molar-refractivity contribution is -0.166. The van der Waals surface area contributed by atoms with E-state index >= 15 is 0 Å². The third-order valence-electron chi connectivity index (χ3n) is 3.26. The van der Waals surface area contributed by atoms with Crippen molar-refractivity contribution in [3.63, 3.8) is 0 Å². The molecule has 116 valence electrons. The topological polar surface area (TPSA) is 84.9 Å². The Kier molecular flexibility index (Phi) is 4.69. The number of carboxylic acid groups (broad SMARTS) is 1. The van der Waals surface area contributed by atoms with Crippen LogP contribution < -0.4 is 5.32 Å². The molecule has 1 fully saturated rings. The highest BCUT2D eigenvalue weighted by atomic mass is 16.6. The highest BCUT2D eigenvalue weighted by Gasteiger charge is 2.47. The molecule has 1 rings (SSSR count). The van der Waals surface area contributed by atoms with Crippen molar-refractivity contribution >= 4 is 12.1 Å². The van der Waals surface area contributed by atoms with E-state index in [0.717, 1.165) is 0 Å². The second-order valence-corrected chi connectivity index (χ2v) is 6.98. The molecule has 0 spiro atoms. The lowest BCUT2D eigenvalue weighted by Gasteiger charge is -2.42. The van der Waals surface area contributed by atoms with Crippen LogP contribution in [-0.4, -0.2) is 41.5 Å². The molecule has 0 aromatic rings. The second-order valence-electron chi connectivity index (χ2n) is 6.98. The van der Waals surface area contributed by atoms with Crippen LogP contribution in [0.5, 0.6) is 0 Å². The number of ether oxygens (including phenoxy) is 2. The van der Waals surface area contributed by atoms with Gasteiger partial charge in [-0.15, -0.1) is 0 Å². The summed E-state index contributed by atoms with van der Waals surface area (Å²) in [6.45, 7) is 9.42. The molecule has 1 aliphatic rings. The molecule has 1 unspecified atom stereocenters. The van der Waals surface area contributed by atoms with E-state index in [0.29, 0.717) is 19.4 Å². The van der Waals surface area contributed by atoms with Crippen LogP contribution in [0.2, 0.25) is 0 Å². The van der Waals surface area contributed by atoms with Gasteiger partial charge in [-0.1, -0.05) is 0 Å². The van der Waals surface area contributed by atoms with Crippen molar-refractivity contribution in [3.8, 4) is 0 Å². The highest BCUT2D eigenvalue weighted by molar-refractivity contribution is 5.76. The summed E-state index contributed by atoms with van der Waals surface area (Å²) in [5.41, 5.74) is -2.11. The van der Waals surface area contributed by atoms with Gasteiger partial charge in [-0.2, -0.15) is 0 Å². The molecule has 0 aromatic heterocycles. The van der Waals surface area contributed by atoms with Crippen molar-refractivity contribution in [1.82, 2.24) is 5.32 Å². The van der Waals surface area contributed by atoms with Gasteiger partial charge < -0.3 is 19.9 Å². The maximum atomic E-state index is 11.7. The van der Waals surface area contributed by atoms with Crippen molar-refractivity contribution in [3.05, 3.63) is 0 Å². The Hall–Kier alpha value is -1.30. The monoisotopic (exact) mass is 287 g/mol. The first-order valence-electron chi connectivity index (χ1n) is 6.80. The molecule has 0 saturated carbocycles. The molecule has 20 heavy (non-hydrogen) atoms. The summed E-state index contributed by atoms with van der Waals surface area (Å²) in [6.07, 6.45) is 0.134. The zero-order valence-electron chi connectivity index (χ0n) is 12.9. The molecule has 6 heteroatoms. The minimum absolute atomic E-state index is 0.0457. The third kappa shape index (κ3) is 4.67. The molecule has 1 heterocycles. The maximum absolute atomic E-state index is 11.7. The van der Waals surface area contributed by atoms with Crippen LogP contribution in [0.15, 0.2) is 0 Å². The van der Waals surface area contributed by atoms with Crippen molar-refractivity contribution in [2.75, 3.05) is 13.2 Å². The predicted molar refractivity (Wildman–Crippen MR) is 73.6 cm³/mol. The van der Waals surface area contributed by atoms with Crippen LogP contribution in [-0.2, 0) is 14.3 Å². The van der Waals surface area contributed by atoms with Gasteiger partial charge in [-0.3, -0.25) is 4.79 Å². The third-order valence-corrected chi connectivity index (χ3v) is 3.26. The molecule has 1 aliphatic heterocycles. The fourth-order valence-electron chi connectivity index (χ4n) is 2.44. The standard InChI is InChI=1S/C14H25NO5/c1-12(2,3)20-11(18)15-9-14(10(16)17)6-7-19-13(4,5)8-14/h6-9H2,1-5H3,(H,15,18)(H,16,17). The van der Waals surface area contributed by atoms with Crippen molar-refractivity contribution in [2.24, 2.45) is 5.41 Å². The first-order valence-corrected chi connectivity index (χ1v) is 6.80. The predicted octanol–water partition coefficient (Wildman–Crippen LogP) is 2.17. The smallest absolute Gasteiger partial charge is 0.407 e. The largest absolute Gasteiger partial charge is 0.481 e. The molecule has 0 radical (unpaired) electrons. The molecule has 6 nitrogen and oxygen atoms in total. The summed E-state index contributed by atoms with van der Waals surface area (Å²) in [4.78, 5) is 23.3. The quantitative estimate of drug-likeness (QED) is 0.831. The fraction of sp³-hybridized carbons (Fsp3) is 0.857. The molecule has 0 aliphatic carbocycles. The van der Waals surface area contributed by atoms with Gasteiger partial charge in [0.2, 0.25) is 0 Å². The number of amides is 1. The van der Waals surface area contributed by atoms with Crippen molar-refractivity contribution in [1.29, 1.82) is 0 Å². The fourth-order valence-corrected chi connectivity index (χ4v) is 2.44. The molecular formula is C14H25NO5. The summed E-state index contributed by atoms with van der Waals surface area (Å²) >= 11 is 0. The Morgan fingerprint density at radius 2 is 1.95 bits per heavy atom. The molecule has 2 N–H and O–H groups in total. The van der Waals surface area contributed by atoms with E-state index in [9.17, 15) is 14.7 Å². The number of carbonyl (C=O) groups excluding carboxylic acids is 1. The second kappa shape index (κ2) is 5.60. The van der Waals surface area contributed by atoms with Crippen LogP contribution in [0.1, 0.15) is 47.5 Å². The first-order chi connectivity index (χ1) is 8.96. The lowest BCUT2D eigenvalue weighted by atomic mass is 9.74. The van der Waals surface area contributed by atoms with E-state index in [4.69, 9.17) is 9.47 Å². The number of rotatable bonds is 3. The SMILES string of the molecule is CC(C)(C)OC(=O)NCC1(C(=O)O)CCOC(C)(C)C1. The zero-order chi connectivity index (χ0) is 15.6. The van der Waals surface area contributed by atoms with Crippen molar-refractivity contribution in [2.45, 2.75) is 58.7 Å². The highest BCUT2D eigenvalue weighted by Crippen LogP contribution is 2.38. The van der Waals surface area contributed by atoms with Gasteiger partial charge >= 0.3 is 12.1 Å². The van der Waals surface area contributed by atoms with Gasteiger partial charge in [0, 0.05) is 13.2 Å². The Morgan fingerprint density at radius 3 is 2.40 bits per heavy atom. The average Bonchev–Trinajstić information content (AvgIpc) is 2.22. The van der Waals surface area contributed by atoms with Crippen LogP contribution >= 0.6 is 0 Å². The van der Waals surface area contributed by atoms with Crippen molar-refractivity contribution < 1.29 is 24.2 Å². The summed E-state index contributed by atoms with van der Waals surface area (Å²) in [5.74, 6) is -0.912. The van der Waals surface area contributed by atoms with E-state index < -0.39 is 28.7 Å². The van der Waals surface area contributed by atoms with Crippen LogP contribution in [0.25, 0.3) is 0 Å². The number of aliphatic carboxylic acids is 1. The summed E-state index contributed by atoms with van der Waals surface area (Å²) in [7, 11) is 0. The molecule has 0 aromatic carbocycles. The Labute approximate surface area is 119 Å². The summed E-state index contributed by atoms with van der Waals surface area (Å²) in [6, 6.07) is 0. The minimum Gasteiger partial charge on any atom is -0.481 e. The normalized spacial score (nSPS) is 25.9. The number of alkyl carbamates (subject to hydrolysis) is 1. The molecule has 1 amide bonds. The molecule has 1 atom stereocenters. The lowest BCUT2D eigenvalue weighted by Crippen LogP contribution is -2.52. The minimum atomic E-state index is -1.00. The van der Waals surface area contributed by atoms with Gasteiger partial charge in [0.15, 0.2) is 0 Å².